The number of benzene rings is 1. The minimum absolute atomic E-state index is 0.224. The molecule has 1 heterocycles. The normalized spacial score (nSPS) is 12.5. The molecule has 0 spiro atoms. The molecule has 1 atom stereocenters. The smallest absolute Gasteiger partial charge is 0.0664 e. The van der Waals surface area contributed by atoms with Crippen molar-refractivity contribution in [1.29, 1.82) is 0 Å². The Kier molecular flexibility index (Phi) is 5.58. The summed E-state index contributed by atoms with van der Waals surface area (Å²) < 4.78 is 0. The highest BCUT2D eigenvalue weighted by molar-refractivity contribution is 7.10. The Bertz CT molecular complexity index is 481. The van der Waals surface area contributed by atoms with Crippen molar-refractivity contribution in [3.8, 4) is 11.1 Å². The molecule has 1 unspecified atom stereocenters. The van der Waals surface area contributed by atoms with Crippen molar-refractivity contribution < 1.29 is 5.11 Å². The molecular formula is C16H21NOS. The molecule has 1 aromatic carbocycles. The van der Waals surface area contributed by atoms with Crippen molar-refractivity contribution in [2.24, 2.45) is 0 Å². The molecule has 0 aliphatic carbocycles. The van der Waals surface area contributed by atoms with Gasteiger partial charge in [0, 0.05) is 18.0 Å². The first kappa shape index (κ1) is 14.3. The maximum Gasteiger partial charge on any atom is 0.0664 e. The van der Waals surface area contributed by atoms with Crippen LogP contribution in [-0.2, 0) is 6.54 Å². The van der Waals surface area contributed by atoms with Gasteiger partial charge in [0.25, 0.3) is 0 Å². The van der Waals surface area contributed by atoms with E-state index in [1.807, 2.05) is 6.07 Å². The molecule has 0 radical (unpaired) electrons. The van der Waals surface area contributed by atoms with Crippen LogP contribution in [0.15, 0.2) is 41.8 Å². The first-order valence-electron chi connectivity index (χ1n) is 6.81. The average molecular weight is 275 g/mol. The summed E-state index contributed by atoms with van der Waals surface area (Å²) >= 11 is 1.77. The van der Waals surface area contributed by atoms with Crippen LogP contribution in [-0.4, -0.2) is 17.8 Å². The molecule has 0 amide bonds. The Balaban J connectivity index is 1.85. The topological polar surface area (TPSA) is 32.3 Å². The van der Waals surface area contributed by atoms with Gasteiger partial charge in [-0.15, -0.1) is 11.3 Å². The van der Waals surface area contributed by atoms with Crippen molar-refractivity contribution in [3.05, 3.63) is 46.7 Å². The lowest BCUT2D eigenvalue weighted by molar-refractivity contribution is 0.160. The second kappa shape index (κ2) is 7.43. The zero-order valence-corrected chi connectivity index (χ0v) is 12.1. The molecule has 1 aromatic heterocycles. The number of aliphatic hydroxyl groups is 1. The molecule has 2 rings (SSSR count). The lowest BCUT2D eigenvalue weighted by Gasteiger charge is -2.09. The minimum atomic E-state index is -0.224. The Morgan fingerprint density at radius 1 is 1.21 bits per heavy atom. The summed E-state index contributed by atoms with van der Waals surface area (Å²) in [5, 5.41) is 15.2. The van der Waals surface area contributed by atoms with E-state index in [0.29, 0.717) is 6.54 Å². The quantitative estimate of drug-likeness (QED) is 0.808. The predicted octanol–water partition coefficient (Wildman–Crippen LogP) is 3.67. The van der Waals surface area contributed by atoms with Crippen LogP contribution < -0.4 is 5.32 Å². The van der Waals surface area contributed by atoms with Gasteiger partial charge in [0.05, 0.1) is 6.10 Å². The van der Waals surface area contributed by atoms with E-state index in [0.717, 1.165) is 19.4 Å². The second-order valence-corrected chi connectivity index (χ2v) is 5.74. The third-order valence-corrected chi connectivity index (χ3v) is 4.00. The highest BCUT2D eigenvalue weighted by atomic mass is 32.1. The molecule has 2 N–H and O–H groups in total. The summed E-state index contributed by atoms with van der Waals surface area (Å²) in [6, 6.07) is 12.6. The van der Waals surface area contributed by atoms with Gasteiger partial charge >= 0.3 is 0 Å². The Labute approximate surface area is 119 Å². The van der Waals surface area contributed by atoms with E-state index in [1.54, 1.807) is 11.3 Å². The molecule has 2 nitrogen and oxygen atoms in total. The number of hydrogen-bond acceptors (Lipinski definition) is 3. The summed E-state index contributed by atoms with van der Waals surface area (Å²) in [5.41, 5.74) is 2.53. The van der Waals surface area contributed by atoms with Gasteiger partial charge in [0.1, 0.15) is 0 Å². The van der Waals surface area contributed by atoms with E-state index in [9.17, 15) is 5.11 Å². The van der Waals surface area contributed by atoms with Gasteiger partial charge in [-0.3, -0.25) is 0 Å². The van der Waals surface area contributed by atoms with Crippen molar-refractivity contribution in [2.75, 3.05) is 6.54 Å². The fourth-order valence-corrected chi connectivity index (χ4v) is 2.92. The zero-order chi connectivity index (χ0) is 13.5. The maximum atomic E-state index is 9.65. The number of hydrogen-bond donors (Lipinski definition) is 2. The molecule has 0 fully saturated rings. The zero-order valence-electron chi connectivity index (χ0n) is 11.3. The fourth-order valence-electron chi connectivity index (χ4n) is 2.05. The van der Waals surface area contributed by atoms with E-state index in [-0.39, 0.29) is 6.10 Å². The first-order chi connectivity index (χ1) is 9.29. The van der Waals surface area contributed by atoms with E-state index >= 15 is 0 Å². The third-order valence-electron chi connectivity index (χ3n) is 3.06. The SMILES string of the molecule is CCCC(O)CNCc1cc(-c2ccccc2)cs1. The van der Waals surface area contributed by atoms with Crippen molar-refractivity contribution in [3.63, 3.8) is 0 Å². The molecule has 0 saturated carbocycles. The number of nitrogens with one attached hydrogen (secondary N) is 1. The van der Waals surface area contributed by atoms with Crippen molar-refractivity contribution >= 4 is 11.3 Å². The Morgan fingerprint density at radius 3 is 2.74 bits per heavy atom. The minimum Gasteiger partial charge on any atom is -0.392 e. The summed E-state index contributed by atoms with van der Waals surface area (Å²) in [6.45, 7) is 3.60. The Hall–Kier alpha value is -1.16. The van der Waals surface area contributed by atoms with E-state index in [1.165, 1.54) is 16.0 Å². The molecule has 102 valence electrons. The van der Waals surface area contributed by atoms with Gasteiger partial charge in [-0.25, -0.2) is 0 Å². The maximum absolute atomic E-state index is 9.65. The third kappa shape index (κ3) is 4.46. The average Bonchev–Trinajstić information content (AvgIpc) is 2.89. The van der Waals surface area contributed by atoms with Gasteiger partial charge < -0.3 is 10.4 Å². The lowest BCUT2D eigenvalue weighted by Crippen LogP contribution is -2.25. The molecule has 0 aliphatic heterocycles. The molecule has 19 heavy (non-hydrogen) atoms. The highest BCUT2D eigenvalue weighted by Crippen LogP contribution is 2.25. The first-order valence-corrected chi connectivity index (χ1v) is 7.69. The van der Waals surface area contributed by atoms with Crippen LogP contribution in [0.1, 0.15) is 24.6 Å². The van der Waals surface area contributed by atoms with Gasteiger partial charge in [0.2, 0.25) is 0 Å². The van der Waals surface area contributed by atoms with Crippen LogP contribution in [0.25, 0.3) is 11.1 Å². The number of thiophene rings is 1. The van der Waals surface area contributed by atoms with Crippen LogP contribution in [0.3, 0.4) is 0 Å². The standard InChI is InChI=1S/C16H21NOS/c1-2-6-15(18)10-17-11-16-9-14(12-19-16)13-7-4-3-5-8-13/h3-5,7-9,12,15,17-18H,2,6,10-11H2,1H3. The van der Waals surface area contributed by atoms with Crippen LogP contribution in [0.5, 0.6) is 0 Å². The highest BCUT2D eigenvalue weighted by Gasteiger charge is 2.04. The van der Waals surface area contributed by atoms with Crippen molar-refractivity contribution in [1.82, 2.24) is 5.32 Å². The van der Waals surface area contributed by atoms with Crippen LogP contribution >= 0.6 is 11.3 Å². The molecule has 2 aromatic rings. The summed E-state index contributed by atoms with van der Waals surface area (Å²) in [4.78, 5) is 1.31. The van der Waals surface area contributed by atoms with Gasteiger partial charge in [-0.2, -0.15) is 0 Å². The summed E-state index contributed by atoms with van der Waals surface area (Å²) in [6.07, 6.45) is 1.67. The second-order valence-electron chi connectivity index (χ2n) is 4.74. The van der Waals surface area contributed by atoms with E-state index in [2.05, 4.69) is 48.0 Å². The number of rotatable bonds is 7. The molecule has 0 aliphatic rings. The molecular weight excluding hydrogens is 254 g/mol. The van der Waals surface area contributed by atoms with E-state index in [4.69, 9.17) is 0 Å². The predicted molar refractivity (Wildman–Crippen MR) is 82.4 cm³/mol. The van der Waals surface area contributed by atoms with Gasteiger partial charge in [0.15, 0.2) is 0 Å². The number of aliphatic hydroxyl groups excluding tert-OH is 1. The van der Waals surface area contributed by atoms with Gasteiger partial charge in [-0.05, 0) is 29.0 Å². The summed E-state index contributed by atoms with van der Waals surface area (Å²) in [7, 11) is 0. The monoisotopic (exact) mass is 275 g/mol. The Morgan fingerprint density at radius 2 is 2.00 bits per heavy atom. The molecule has 3 heteroatoms. The van der Waals surface area contributed by atoms with Gasteiger partial charge in [-0.1, -0.05) is 43.7 Å². The largest absolute Gasteiger partial charge is 0.392 e. The molecule has 0 bridgehead atoms. The molecule has 0 saturated heterocycles. The van der Waals surface area contributed by atoms with Crippen LogP contribution in [0, 0.1) is 0 Å². The lowest BCUT2D eigenvalue weighted by atomic mass is 10.1. The van der Waals surface area contributed by atoms with Crippen LogP contribution in [0.2, 0.25) is 0 Å². The van der Waals surface area contributed by atoms with E-state index < -0.39 is 0 Å². The summed E-state index contributed by atoms with van der Waals surface area (Å²) in [5.74, 6) is 0. The fraction of sp³-hybridized carbons (Fsp3) is 0.375. The van der Waals surface area contributed by atoms with Crippen molar-refractivity contribution in [2.45, 2.75) is 32.4 Å². The van der Waals surface area contributed by atoms with Crippen LogP contribution in [0.4, 0.5) is 0 Å².